The van der Waals surface area contributed by atoms with Gasteiger partial charge in [0.25, 0.3) is 0 Å². The first-order valence-electron chi connectivity index (χ1n) is 5.90. The number of aliphatic hydroxyl groups excluding tert-OH is 1. The van der Waals surface area contributed by atoms with E-state index in [1.807, 2.05) is 0 Å². The molecule has 0 spiro atoms. The Bertz CT molecular complexity index is 101. The van der Waals surface area contributed by atoms with Crippen LogP contribution in [0, 0.1) is 5.92 Å². The Morgan fingerprint density at radius 2 is 1.54 bits per heavy atom. The van der Waals surface area contributed by atoms with Crippen molar-refractivity contribution >= 4 is 0 Å². The summed E-state index contributed by atoms with van der Waals surface area (Å²) in [5.41, 5.74) is 0. The molecule has 0 aliphatic rings. The largest absolute Gasteiger partial charge is 0.393 e. The average Bonchev–Trinajstić information content (AvgIpc) is 2.14. The highest BCUT2D eigenvalue weighted by Gasteiger charge is 2.12. The molecule has 0 saturated carbocycles. The third-order valence-corrected chi connectivity index (χ3v) is 2.77. The summed E-state index contributed by atoms with van der Waals surface area (Å²) >= 11 is 0. The highest BCUT2D eigenvalue weighted by Crippen LogP contribution is 2.17. The molecular weight excluding hydrogens is 160 g/mol. The van der Waals surface area contributed by atoms with E-state index in [-0.39, 0.29) is 6.10 Å². The number of unbranched alkanes of at least 4 members (excludes halogenated alkanes) is 3. The lowest BCUT2D eigenvalue weighted by molar-refractivity contribution is 0.0990. The van der Waals surface area contributed by atoms with Crippen LogP contribution in [-0.4, -0.2) is 11.2 Å². The van der Waals surface area contributed by atoms with Gasteiger partial charge in [-0.15, -0.1) is 0 Å². The van der Waals surface area contributed by atoms with Gasteiger partial charge >= 0.3 is 0 Å². The van der Waals surface area contributed by atoms with Crippen molar-refractivity contribution in [1.29, 1.82) is 0 Å². The van der Waals surface area contributed by atoms with E-state index < -0.39 is 0 Å². The van der Waals surface area contributed by atoms with E-state index in [2.05, 4.69) is 20.8 Å². The minimum Gasteiger partial charge on any atom is -0.393 e. The molecule has 0 aliphatic heterocycles. The van der Waals surface area contributed by atoms with Gasteiger partial charge in [-0.3, -0.25) is 0 Å². The molecule has 0 aliphatic carbocycles. The second-order valence-corrected chi connectivity index (χ2v) is 4.18. The normalized spacial score (nSPS) is 15.7. The van der Waals surface area contributed by atoms with E-state index in [0.29, 0.717) is 5.92 Å². The van der Waals surface area contributed by atoms with Crippen LogP contribution in [0.4, 0.5) is 0 Å². The van der Waals surface area contributed by atoms with Gasteiger partial charge in [-0.05, 0) is 18.8 Å². The summed E-state index contributed by atoms with van der Waals surface area (Å²) in [6.07, 6.45) is 8.32. The van der Waals surface area contributed by atoms with E-state index in [1.54, 1.807) is 0 Å². The Morgan fingerprint density at radius 3 is 2.08 bits per heavy atom. The van der Waals surface area contributed by atoms with Crippen LogP contribution in [0.25, 0.3) is 0 Å². The van der Waals surface area contributed by atoms with Crippen LogP contribution in [0.3, 0.4) is 0 Å². The Hall–Kier alpha value is -0.0400. The summed E-state index contributed by atoms with van der Waals surface area (Å²) in [4.78, 5) is 0. The molecule has 2 atom stereocenters. The van der Waals surface area contributed by atoms with E-state index in [4.69, 9.17) is 0 Å². The quantitative estimate of drug-likeness (QED) is 0.572. The highest BCUT2D eigenvalue weighted by molar-refractivity contribution is 4.64. The van der Waals surface area contributed by atoms with Gasteiger partial charge in [0, 0.05) is 0 Å². The van der Waals surface area contributed by atoms with E-state index in [1.165, 1.54) is 38.5 Å². The summed E-state index contributed by atoms with van der Waals surface area (Å²) < 4.78 is 0. The van der Waals surface area contributed by atoms with Gasteiger partial charge in [-0.25, -0.2) is 0 Å². The third kappa shape index (κ3) is 7.06. The van der Waals surface area contributed by atoms with E-state index >= 15 is 0 Å². The predicted octanol–water partition coefficient (Wildman–Crippen LogP) is 3.75. The van der Waals surface area contributed by atoms with Crippen LogP contribution >= 0.6 is 0 Å². The van der Waals surface area contributed by atoms with Crippen molar-refractivity contribution < 1.29 is 5.11 Å². The molecule has 0 amide bonds. The molecule has 0 aromatic heterocycles. The van der Waals surface area contributed by atoms with Crippen molar-refractivity contribution in [3.05, 3.63) is 0 Å². The van der Waals surface area contributed by atoms with Gasteiger partial charge in [0.05, 0.1) is 6.10 Å². The van der Waals surface area contributed by atoms with Crippen LogP contribution in [0.2, 0.25) is 0 Å². The number of hydrogen-bond acceptors (Lipinski definition) is 1. The van der Waals surface area contributed by atoms with Gasteiger partial charge in [0.2, 0.25) is 0 Å². The molecular formula is C12H26O. The smallest absolute Gasteiger partial charge is 0.0565 e. The Morgan fingerprint density at radius 1 is 0.923 bits per heavy atom. The minimum atomic E-state index is -0.0573. The van der Waals surface area contributed by atoms with Crippen LogP contribution in [0.15, 0.2) is 0 Å². The topological polar surface area (TPSA) is 20.2 Å². The molecule has 0 aromatic carbocycles. The molecule has 0 rings (SSSR count). The molecule has 0 aromatic rings. The minimum absolute atomic E-state index is 0.0573. The average molecular weight is 186 g/mol. The maximum atomic E-state index is 9.77. The monoisotopic (exact) mass is 186 g/mol. The first-order valence-corrected chi connectivity index (χ1v) is 5.90. The SMILES string of the molecule is CCCCCC(O)C(C)CCCC. The molecule has 1 N–H and O–H groups in total. The number of aliphatic hydroxyl groups is 1. The molecule has 0 saturated heterocycles. The van der Waals surface area contributed by atoms with Crippen molar-refractivity contribution in [3.8, 4) is 0 Å². The Balaban J connectivity index is 3.38. The fourth-order valence-electron chi connectivity index (χ4n) is 1.61. The van der Waals surface area contributed by atoms with Gasteiger partial charge < -0.3 is 5.11 Å². The molecule has 0 bridgehead atoms. The van der Waals surface area contributed by atoms with Gasteiger partial charge in [-0.1, -0.05) is 52.9 Å². The third-order valence-electron chi connectivity index (χ3n) is 2.77. The lowest BCUT2D eigenvalue weighted by Crippen LogP contribution is -2.17. The molecule has 80 valence electrons. The van der Waals surface area contributed by atoms with Crippen LogP contribution in [-0.2, 0) is 0 Å². The van der Waals surface area contributed by atoms with Crippen molar-refractivity contribution in [2.45, 2.75) is 71.8 Å². The van der Waals surface area contributed by atoms with E-state index in [0.717, 1.165) is 6.42 Å². The Kier molecular flexibility index (Phi) is 8.53. The first kappa shape index (κ1) is 13.0. The molecule has 2 unspecified atom stereocenters. The number of hydrogen-bond donors (Lipinski definition) is 1. The first-order chi connectivity index (χ1) is 6.22. The second-order valence-electron chi connectivity index (χ2n) is 4.18. The summed E-state index contributed by atoms with van der Waals surface area (Å²) in [7, 11) is 0. The van der Waals surface area contributed by atoms with Crippen molar-refractivity contribution in [2.24, 2.45) is 5.92 Å². The van der Waals surface area contributed by atoms with Crippen molar-refractivity contribution in [3.63, 3.8) is 0 Å². The number of rotatable bonds is 8. The molecule has 0 heterocycles. The van der Waals surface area contributed by atoms with Crippen LogP contribution < -0.4 is 0 Å². The molecule has 1 heteroatoms. The summed E-state index contributed by atoms with van der Waals surface area (Å²) in [6, 6.07) is 0. The zero-order chi connectivity index (χ0) is 10.1. The molecule has 13 heavy (non-hydrogen) atoms. The maximum absolute atomic E-state index is 9.77. The molecule has 1 nitrogen and oxygen atoms in total. The lowest BCUT2D eigenvalue weighted by atomic mass is 9.94. The van der Waals surface area contributed by atoms with Gasteiger partial charge in [-0.2, -0.15) is 0 Å². The second kappa shape index (κ2) is 8.55. The maximum Gasteiger partial charge on any atom is 0.0565 e. The van der Waals surface area contributed by atoms with Crippen LogP contribution in [0.1, 0.15) is 65.7 Å². The standard InChI is InChI=1S/C12H26O/c1-4-6-8-10-12(13)11(3)9-7-5-2/h11-13H,4-10H2,1-3H3. The van der Waals surface area contributed by atoms with Crippen molar-refractivity contribution in [2.75, 3.05) is 0 Å². The zero-order valence-corrected chi connectivity index (χ0v) is 9.55. The summed E-state index contributed by atoms with van der Waals surface area (Å²) in [6.45, 7) is 6.58. The highest BCUT2D eigenvalue weighted by atomic mass is 16.3. The van der Waals surface area contributed by atoms with Crippen LogP contribution in [0.5, 0.6) is 0 Å². The molecule has 0 radical (unpaired) electrons. The zero-order valence-electron chi connectivity index (χ0n) is 9.55. The summed E-state index contributed by atoms with van der Waals surface area (Å²) in [5, 5.41) is 9.77. The predicted molar refractivity (Wildman–Crippen MR) is 58.8 cm³/mol. The fraction of sp³-hybridized carbons (Fsp3) is 1.00. The van der Waals surface area contributed by atoms with E-state index in [9.17, 15) is 5.11 Å². The van der Waals surface area contributed by atoms with Gasteiger partial charge in [0.15, 0.2) is 0 Å². The lowest BCUT2D eigenvalue weighted by Gasteiger charge is -2.18. The van der Waals surface area contributed by atoms with Crippen molar-refractivity contribution in [1.82, 2.24) is 0 Å². The molecule has 0 fully saturated rings. The van der Waals surface area contributed by atoms with Gasteiger partial charge in [0.1, 0.15) is 0 Å². The summed E-state index contributed by atoms with van der Waals surface area (Å²) in [5.74, 6) is 0.497. The fourth-order valence-corrected chi connectivity index (χ4v) is 1.61. The Labute approximate surface area is 83.5 Å².